The maximum absolute atomic E-state index is 15.9. The highest BCUT2D eigenvalue weighted by Gasteiger charge is 2.78. The Morgan fingerprint density at radius 3 is 2.38 bits per heavy atom. The van der Waals surface area contributed by atoms with E-state index in [1.807, 2.05) is 48.5 Å². The first-order valence-corrected chi connectivity index (χ1v) is 23.6. The van der Waals surface area contributed by atoms with Gasteiger partial charge < -0.3 is 39.0 Å². The molecule has 8 fully saturated rings. The van der Waals surface area contributed by atoms with Gasteiger partial charge in [0.2, 0.25) is 11.8 Å². The van der Waals surface area contributed by atoms with E-state index in [0.717, 1.165) is 61.6 Å². The number of esters is 2. The largest absolute Gasteiger partial charge is 0.460 e. The average Bonchev–Trinajstić information content (AvgIpc) is 4.18. The molecule has 4 aliphatic heterocycles. The lowest BCUT2D eigenvalue weighted by Crippen LogP contribution is -2.70. The van der Waals surface area contributed by atoms with Crippen LogP contribution in [0, 0.1) is 23.2 Å². The van der Waals surface area contributed by atoms with Gasteiger partial charge in [-0.1, -0.05) is 66.7 Å². The molecule has 11 unspecified atom stereocenters. The first kappa shape index (κ1) is 43.7. The number of benzene rings is 2. The van der Waals surface area contributed by atoms with Crippen molar-refractivity contribution in [3.05, 3.63) is 77.4 Å². The zero-order valence-electron chi connectivity index (χ0n) is 37.4. The number of hydrogen-bond donors (Lipinski definition) is 2. The van der Waals surface area contributed by atoms with Crippen molar-refractivity contribution < 1.29 is 52.8 Å². The molecule has 2 aromatic rings. The zero-order valence-corrected chi connectivity index (χ0v) is 37.4. The van der Waals surface area contributed by atoms with Crippen LogP contribution in [-0.2, 0) is 60.7 Å². The number of hydroxylamine groups is 2. The highest BCUT2D eigenvalue weighted by Crippen LogP contribution is 2.64. The molecule has 0 spiro atoms. The number of carbonyl (C=O) groups is 4. The third-order valence-electron chi connectivity index (χ3n) is 14.9. The summed E-state index contributed by atoms with van der Waals surface area (Å²) in [6.07, 6.45) is 9.65. The molecule has 64 heavy (non-hydrogen) atoms. The van der Waals surface area contributed by atoms with Crippen LogP contribution in [-0.4, -0.2) is 119 Å². The Bertz CT molecular complexity index is 2120. The van der Waals surface area contributed by atoms with Crippen molar-refractivity contribution in [1.29, 1.82) is 0 Å². The van der Waals surface area contributed by atoms with Crippen LogP contribution in [0.15, 0.2) is 60.7 Å². The normalized spacial score (nSPS) is 33.4. The molecule has 4 heterocycles. The topological polar surface area (TPSA) is 166 Å². The second-order valence-corrected chi connectivity index (χ2v) is 20.6. The van der Waals surface area contributed by atoms with Crippen LogP contribution >= 0.6 is 0 Å². The van der Waals surface area contributed by atoms with Gasteiger partial charge in [-0.05, 0) is 94.7 Å². The Balaban J connectivity index is 0.971. The van der Waals surface area contributed by atoms with Gasteiger partial charge in [0.25, 0.3) is 0 Å². The van der Waals surface area contributed by atoms with Crippen LogP contribution in [0.3, 0.4) is 0 Å². The van der Waals surface area contributed by atoms with Gasteiger partial charge in [0.15, 0.2) is 11.8 Å². The number of hydrogen-bond acceptors (Lipinski definition) is 12. The van der Waals surface area contributed by atoms with E-state index in [2.05, 4.69) is 23.5 Å². The number of rotatable bonds is 16. The fourth-order valence-electron chi connectivity index (χ4n) is 11.4. The van der Waals surface area contributed by atoms with Crippen molar-refractivity contribution in [3.63, 3.8) is 0 Å². The number of amides is 2. The summed E-state index contributed by atoms with van der Waals surface area (Å²) in [4.78, 5) is 66.3. The van der Waals surface area contributed by atoms with Gasteiger partial charge in [-0.25, -0.2) is 0 Å². The summed E-state index contributed by atoms with van der Waals surface area (Å²) in [5.74, 6) is -1.91. The summed E-state index contributed by atoms with van der Waals surface area (Å²) in [6, 6.07) is 14.5. The molecule has 4 aliphatic carbocycles. The molecule has 344 valence electrons. The van der Waals surface area contributed by atoms with Crippen molar-refractivity contribution in [2.45, 2.75) is 164 Å². The maximum Gasteiger partial charge on any atom is 0.327 e. The SMILES string of the molecule is CN(C(=O)C12CC3OC(=O)C1N(Cc1ccccc1C=CC1CCC4OC4C1)OC2C1OC(C2CC2)(C2CC2)OC31)C(Cc1ccccc1)C(=O)NC(CO)CCC(=O)OC(C)(C)C. The van der Waals surface area contributed by atoms with Gasteiger partial charge in [0, 0.05) is 38.1 Å². The molecule has 2 bridgehead atoms. The Morgan fingerprint density at radius 1 is 0.953 bits per heavy atom. The number of carbonyl (C=O) groups excluding carboxylic acids is 4. The lowest BCUT2D eigenvalue weighted by Gasteiger charge is -2.50. The van der Waals surface area contributed by atoms with E-state index in [0.29, 0.717) is 18.1 Å². The van der Waals surface area contributed by atoms with Crippen LogP contribution in [0.4, 0.5) is 0 Å². The maximum atomic E-state index is 15.9. The summed E-state index contributed by atoms with van der Waals surface area (Å²) in [5.41, 5.74) is 0.544. The van der Waals surface area contributed by atoms with Crippen molar-refractivity contribution in [2.75, 3.05) is 13.7 Å². The van der Waals surface area contributed by atoms with Gasteiger partial charge >= 0.3 is 11.9 Å². The van der Waals surface area contributed by atoms with E-state index < -0.39 is 89.7 Å². The monoisotopic (exact) mass is 881 g/mol. The van der Waals surface area contributed by atoms with Crippen LogP contribution < -0.4 is 5.32 Å². The number of aliphatic hydroxyl groups excluding tert-OH is 1. The Hall–Kier alpha value is -4.18. The van der Waals surface area contributed by atoms with Gasteiger partial charge in [0.1, 0.15) is 41.5 Å². The number of ether oxygens (including phenoxy) is 5. The smallest absolute Gasteiger partial charge is 0.327 e. The predicted octanol–water partition coefficient (Wildman–Crippen LogP) is 5.04. The molecule has 4 saturated heterocycles. The quantitative estimate of drug-likeness (QED) is 0.171. The van der Waals surface area contributed by atoms with Gasteiger partial charge in [-0.3, -0.25) is 24.0 Å². The molecule has 14 heteroatoms. The second kappa shape index (κ2) is 16.9. The van der Waals surface area contributed by atoms with Crippen LogP contribution in [0.5, 0.6) is 0 Å². The van der Waals surface area contributed by atoms with E-state index in [4.69, 9.17) is 28.5 Å². The van der Waals surface area contributed by atoms with E-state index >= 15 is 4.79 Å². The Morgan fingerprint density at radius 2 is 1.67 bits per heavy atom. The highest BCUT2D eigenvalue weighted by molar-refractivity contribution is 5.96. The Kier molecular flexibility index (Phi) is 11.5. The fourth-order valence-corrected chi connectivity index (χ4v) is 11.4. The molecule has 0 radical (unpaired) electrons. The number of nitrogens with one attached hydrogen (secondary N) is 1. The van der Waals surface area contributed by atoms with Crippen molar-refractivity contribution in [1.82, 2.24) is 15.3 Å². The predicted molar refractivity (Wildman–Crippen MR) is 231 cm³/mol. The molecule has 10 rings (SSSR count). The van der Waals surface area contributed by atoms with E-state index in [1.54, 1.807) is 32.9 Å². The summed E-state index contributed by atoms with van der Waals surface area (Å²) < 4.78 is 31.7. The molecule has 4 saturated carbocycles. The number of epoxide rings is 1. The molecule has 0 aromatic heterocycles. The number of nitrogens with zero attached hydrogens (tertiary/aromatic N) is 2. The van der Waals surface area contributed by atoms with Crippen LogP contribution in [0.2, 0.25) is 0 Å². The van der Waals surface area contributed by atoms with E-state index in [9.17, 15) is 19.5 Å². The lowest BCUT2D eigenvalue weighted by molar-refractivity contribution is -0.235. The van der Waals surface area contributed by atoms with E-state index in [-0.39, 0.29) is 44.1 Å². The zero-order chi connectivity index (χ0) is 44.5. The van der Waals surface area contributed by atoms with Gasteiger partial charge in [-0.15, -0.1) is 0 Å². The molecule has 2 amide bonds. The average molecular weight is 882 g/mol. The highest BCUT2D eigenvalue weighted by atomic mass is 16.8. The molecule has 11 atom stereocenters. The summed E-state index contributed by atoms with van der Waals surface area (Å²) in [5, 5.41) is 15.0. The van der Waals surface area contributed by atoms with Gasteiger partial charge in [-0.2, -0.15) is 5.06 Å². The molecule has 14 nitrogen and oxygen atoms in total. The lowest BCUT2D eigenvalue weighted by atomic mass is 9.62. The van der Waals surface area contributed by atoms with E-state index in [1.165, 1.54) is 4.90 Å². The van der Waals surface area contributed by atoms with Crippen LogP contribution in [0.1, 0.15) is 102 Å². The number of likely N-dealkylation sites (N-methyl/N-ethyl adjacent to an activating group) is 1. The standard InChI is InChI=1S/C50H63N3O11/c1-48(2,3)61-40(55)23-21-35(28-54)51-45(56)36(24-29-10-6-5-7-11-29)52(4)47(58)49-26-39-41-42(63-50(62-41,33-17-18-33)34-19-20-34)44(49)64-53(43(49)46(57)60-39)27-32-13-9-8-12-31(32)16-14-30-15-22-37-38(25-30)59-37/h5-14,16,30,33-39,41-44,54H,15,17-28H2,1-4H3,(H,51,56). The third-order valence-corrected chi connectivity index (χ3v) is 14.9. The summed E-state index contributed by atoms with van der Waals surface area (Å²) in [7, 11) is 1.61. The minimum absolute atomic E-state index is 0.0206. The molecule has 2 aromatic carbocycles. The third kappa shape index (κ3) is 8.32. The van der Waals surface area contributed by atoms with Crippen molar-refractivity contribution in [3.8, 4) is 0 Å². The minimum Gasteiger partial charge on any atom is -0.460 e. The summed E-state index contributed by atoms with van der Waals surface area (Å²) >= 11 is 0. The van der Waals surface area contributed by atoms with Crippen molar-refractivity contribution in [2.24, 2.45) is 23.2 Å². The second-order valence-electron chi connectivity index (χ2n) is 20.6. The Labute approximate surface area is 375 Å². The number of aliphatic hydroxyl groups is 1. The van der Waals surface area contributed by atoms with Crippen molar-refractivity contribution >= 4 is 29.8 Å². The minimum atomic E-state index is -1.50. The first-order valence-electron chi connectivity index (χ1n) is 23.6. The molecule has 2 N–H and O–H groups in total. The number of allylic oxidation sites excluding steroid dienone is 1. The summed E-state index contributed by atoms with van der Waals surface area (Å²) in [6.45, 7) is 5.11. The van der Waals surface area contributed by atoms with Crippen LogP contribution in [0.25, 0.3) is 6.08 Å². The molecule has 8 aliphatic rings. The molecular formula is C50H63N3O11. The van der Waals surface area contributed by atoms with Gasteiger partial charge in [0.05, 0.1) is 31.4 Å². The number of fused-ring (bicyclic) bond motifs is 5. The first-order chi connectivity index (χ1) is 30.8. The fraction of sp³-hybridized carbons (Fsp3) is 0.640. The molecular weight excluding hydrogens is 819 g/mol.